The number of imide groups is 1. The lowest BCUT2D eigenvalue weighted by Crippen LogP contribution is -2.40. The predicted molar refractivity (Wildman–Crippen MR) is 109 cm³/mol. The van der Waals surface area contributed by atoms with E-state index in [4.69, 9.17) is 0 Å². The van der Waals surface area contributed by atoms with Crippen molar-refractivity contribution in [3.05, 3.63) is 70.8 Å². The summed E-state index contributed by atoms with van der Waals surface area (Å²) in [7, 11) is 0. The molecule has 2 saturated carbocycles. The van der Waals surface area contributed by atoms with E-state index in [9.17, 15) is 14.4 Å². The Morgan fingerprint density at radius 2 is 1.38 bits per heavy atom. The average molecular weight is 388 g/mol. The third-order valence-corrected chi connectivity index (χ3v) is 6.31. The quantitative estimate of drug-likeness (QED) is 0.727. The second-order valence-electron chi connectivity index (χ2n) is 8.32. The van der Waals surface area contributed by atoms with Crippen LogP contribution in [-0.4, -0.2) is 39.6 Å². The third kappa shape index (κ3) is 3.24. The molecule has 0 bridgehead atoms. The van der Waals surface area contributed by atoms with E-state index in [-0.39, 0.29) is 24.3 Å². The third-order valence-electron chi connectivity index (χ3n) is 6.31. The van der Waals surface area contributed by atoms with E-state index < -0.39 is 0 Å². The summed E-state index contributed by atoms with van der Waals surface area (Å²) in [5.41, 5.74) is 2.45. The minimum Gasteiger partial charge on any atom is -0.333 e. The fraction of sp³-hybridized carbons (Fsp3) is 0.375. The Bertz CT molecular complexity index is 937. The fourth-order valence-corrected chi connectivity index (χ4v) is 4.63. The van der Waals surface area contributed by atoms with E-state index in [1.165, 1.54) is 17.7 Å². The number of amides is 3. The Morgan fingerprint density at radius 3 is 1.93 bits per heavy atom. The van der Waals surface area contributed by atoms with Gasteiger partial charge in [0.2, 0.25) is 0 Å². The van der Waals surface area contributed by atoms with Gasteiger partial charge in [-0.25, -0.2) is 0 Å². The maximum absolute atomic E-state index is 13.1. The van der Waals surface area contributed by atoms with Crippen molar-refractivity contribution in [2.75, 3.05) is 0 Å². The number of benzene rings is 2. The Balaban J connectivity index is 1.31. The minimum absolute atomic E-state index is 0.117. The van der Waals surface area contributed by atoms with Gasteiger partial charge in [-0.3, -0.25) is 19.3 Å². The van der Waals surface area contributed by atoms with Crippen LogP contribution >= 0.6 is 0 Å². The van der Waals surface area contributed by atoms with Gasteiger partial charge in [-0.05, 0) is 55.5 Å². The Hall–Kier alpha value is -2.95. The molecule has 5 nitrogen and oxygen atoms in total. The largest absolute Gasteiger partial charge is 0.333 e. The number of fused-ring (bicyclic) bond motifs is 1. The smallest absolute Gasteiger partial charge is 0.261 e. The highest BCUT2D eigenvalue weighted by molar-refractivity contribution is 6.21. The number of carbonyl (C=O) groups excluding carboxylic acids is 3. The molecule has 2 aromatic carbocycles. The zero-order valence-corrected chi connectivity index (χ0v) is 16.3. The van der Waals surface area contributed by atoms with Crippen LogP contribution in [0.1, 0.15) is 75.2 Å². The second-order valence-corrected chi connectivity index (χ2v) is 8.32. The normalized spacial score (nSPS) is 19.0. The van der Waals surface area contributed by atoms with Crippen molar-refractivity contribution >= 4 is 17.7 Å². The monoisotopic (exact) mass is 388 g/mol. The molecular weight excluding hydrogens is 364 g/mol. The number of carbonyl (C=O) groups is 3. The van der Waals surface area contributed by atoms with E-state index in [1.54, 1.807) is 24.3 Å². The molecule has 2 fully saturated rings. The summed E-state index contributed by atoms with van der Waals surface area (Å²) >= 11 is 0. The Kier molecular flexibility index (Phi) is 4.46. The molecule has 5 rings (SSSR count). The van der Waals surface area contributed by atoms with Crippen molar-refractivity contribution in [1.29, 1.82) is 0 Å². The lowest BCUT2D eigenvalue weighted by atomic mass is 10.1. The number of rotatable bonds is 5. The van der Waals surface area contributed by atoms with E-state index in [1.807, 2.05) is 24.3 Å². The second kappa shape index (κ2) is 7.14. The predicted octanol–water partition coefficient (Wildman–Crippen LogP) is 4.03. The Labute approximate surface area is 170 Å². The van der Waals surface area contributed by atoms with E-state index in [0.29, 0.717) is 28.8 Å². The molecule has 3 amide bonds. The van der Waals surface area contributed by atoms with Crippen LogP contribution in [0.5, 0.6) is 0 Å². The fourth-order valence-electron chi connectivity index (χ4n) is 4.63. The molecule has 0 N–H and O–H groups in total. The molecule has 0 aromatic heterocycles. The lowest BCUT2D eigenvalue weighted by molar-refractivity contribution is 0.0635. The highest BCUT2D eigenvalue weighted by Gasteiger charge is 2.39. The van der Waals surface area contributed by atoms with E-state index in [0.717, 1.165) is 31.2 Å². The first kappa shape index (κ1) is 18.1. The first-order valence-corrected chi connectivity index (χ1v) is 10.5. The standard InChI is InChI=1S/C24H24N2O3/c27-22(26(19-13-14-19)18-5-1-2-6-18)17-11-9-16(10-12-17)15-25-23(28)20-7-3-4-8-21(20)24(25)29/h3-4,7-12,18-19H,1-2,5-6,13-15H2. The molecule has 0 spiro atoms. The van der Waals surface area contributed by atoms with Gasteiger partial charge in [-0.15, -0.1) is 0 Å². The molecule has 3 aliphatic rings. The van der Waals surface area contributed by atoms with Gasteiger partial charge in [0.25, 0.3) is 17.7 Å². The first-order valence-electron chi connectivity index (χ1n) is 10.5. The molecule has 1 aliphatic heterocycles. The van der Waals surface area contributed by atoms with Crippen LogP contribution in [0.2, 0.25) is 0 Å². The van der Waals surface area contributed by atoms with Crippen molar-refractivity contribution in [1.82, 2.24) is 9.80 Å². The van der Waals surface area contributed by atoms with Crippen LogP contribution in [0.4, 0.5) is 0 Å². The molecule has 5 heteroatoms. The summed E-state index contributed by atoms with van der Waals surface area (Å²) in [5, 5.41) is 0. The van der Waals surface area contributed by atoms with Crippen molar-refractivity contribution in [3.8, 4) is 0 Å². The zero-order valence-electron chi connectivity index (χ0n) is 16.3. The zero-order chi connectivity index (χ0) is 20.0. The molecule has 0 radical (unpaired) electrons. The van der Waals surface area contributed by atoms with Crippen molar-refractivity contribution in [3.63, 3.8) is 0 Å². The number of hydrogen-bond donors (Lipinski definition) is 0. The molecule has 0 saturated heterocycles. The molecule has 0 atom stereocenters. The first-order chi connectivity index (χ1) is 14.1. The minimum atomic E-state index is -0.258. The van der Waals surface area contributed by atoms with Crippen LogP contribution in [-0.2, 0) is 6.54 Å². The summed E-state index contributed by atoms with van der Waals surface area (Å²) in [5.74, 6) is -0.398. The summed E-state index contributed by atoms with van der Waals surface area (Å²) in [6.07, 6.45) is 6.86. The maximum Gasteiger partial charge on any atom is 0.261 e. The van der Waals surface area contributed by atoms with Crippen LogP contribution in [0.25, 0.3) is 0 Å². The molecule has 2 aliphatic carbocycles. The summed E-state index contributed by atoms with van der Waals surface area (Å²) in [6.45, 7) is 0.218. The number of nitrogens with zero attached hydrogens (tertiary/aromatic N) is 2. The van der Waals surface area contributed by atoms with Crippen LogP contribution < -0.4 is 0 Å². The van der Waals surface area contributed by atoms with Crippen molar-refractivity contribution < 1.29 is 14.4 Å². The van der Waals surface area contributed by atoms with Crippen LogP contribution in [0.15, 0.2) is 48.5 Å². The summed E-state index contributed by atoms with van der Waals surface area (Å²) in [6, 6.07) is 15.1. The van der Waals surface area contributed by atoms with Crippen LogP contribution in [0, 0.1) is 0 Å². The van der Waals surface area contributed by atoms with Gasteiger partial charge < -0.3 is 4.90 Å². The van der Waals surface area contributed by atoms with E-state index in [2.05, 4.69) is 4.90 Å². The molecule has 1 heterocycles. The molecule has 148 valence electrons. The summed E-state index contributed by atoms with van der Waals surface area (Å²) in [4.78, 5) is 41.6. The molecular formula is C24H24N2O3. The van der Waals surface area contributed by atoms with Gasteiger partial charge >= 0.3 is 0 Å². The van der Waals surface area contributed by atoms with Crippen LogP contribution in [0.3, 0.4) is 0 Å². The van der Waals surface area contributed by atoms with Crippen molar-refractivity contribution in [2.45, 2.75) is 57.2 Å². The van der Waals surface area contributed by atoms with E-state index >= 15 is 0 Å². The van der Waals surface area contributed by atoms with Gasteiger partial charge in [0, 0.05) is 17.6 Å². The topological polar surface area (TPSA) is 57.7 Å². The number of hydrogen-bond acceptors (Lipinski definition) is 3. The highest BCUT2D eigenvalue weighted by Crippen LogP contribution is 2.35. The van der Waals surface area contributed by atoms with Gasteiger partial charge in [-0.1, -0.05) is 37.1 Å². The molecule has 2 aromatic rings. The average Bonchev–Trinajstić information content (AvgIpc) is 3.38. The van der Waals surface area contributed by atoms with Gasteiger partial charge in [0.15, 0.2) is 0 Å². The van der Waals surface area contributed by atoms with Gasteiger partial charge in [-0.2, -0.15) is 0 Å². The maximum atomic E-state index is 13.1. The molecule has 0 unspecified atom stereocenters. The summed E-state index contributed by atoms with van der Waals surface area (Å²) < 4.78 is 0. The van der Waals surface area contributed by atoms with Gasteiger partial charge in [0.1, 0.15) is 0 Å². The van der Waals surface area contributed by atoms with Crippen molar-refractivity contribution in [2.24, 2.45) is 0 Å². The SMILES string of the molecule is O=C1c2ccccc2C(=O)N1Cc1ccc(C(=O)N(C2CCCC2)C2CC2)cc1. The highest BCUT2D eigenvalue weighted by atomic mass is 16.2. The molecule has 29 heavy (non-hydrogen) atoms. The van der Waals surface area contributed by atoms with Gasteiger partial charge in [0.05, 0.1) is 17.7 Å². The lowest BCUT2D eigenvalue weighted by Gasteiger charge is -2.29. The Morgan fingerprint density at radius 1 is 0.828 bits per heavy atom.